The second-order valence-electron chi connectivity index (χ2n) is 3.24. The molecule has 0 bridgehead atoms. The number of anilines is 1. The summed E-state index contributed by atoms with van der Waals surface area (Å²) in [5, 5.41) is 0. The van der Waals surface area contributed by atoms with Crippen molar-refractivity contribution in [1.29, 1.82) is 0 Å². The molecule has 0 atom stereocenters. The van der Waals surface area contributed by atoms with Crippen molar-refractivity contribution in [2.24, 2.45) is 5.92 Å². The molecule has 1 aromatic rings. The molecule has 70 valence electrons. The van der Waals surface area contributed by atoms with E-state index in [1.165, 1.54) is 6.20 Å². The number of aryl methyl sites for hydroxylation is 1. The molecule has 0 unspecified atom stereocenters. The molecule has 0 aromatic carbocycles. The van der Waals surface area contributed by atoms with Gasteiger partial charge >= 0.3 is 0 Å². The fourth-order valence-electron chi connectivity index (χ4n) is 0.988. The summed E-state index contributed by atoms with van der Waals surface area (Å²) in [6.45, 7) is 5.38. The smallest absolute Gasteiger partial charge is 0.170 e. The molecule has 2 N–H and O–H groups in total. The number of nitrogens with zero attached hydrogens (tertiary/aromatic N) is 2. The highest BCUT2D eigenvalue weighted by Gasteiger charge is 2.14. The summed E-state index contributed by atoms with van der Waals surface area (Å²) >= 11 is 0. The van der Waals surface area contributed by atoms with E-state index in [0.717, 1.165) is 0 Å². The average Bonchev–Trinajstić information content (AvgIpc) is 2.03. The molecule has 0 aliphatic rings. The van der Waals surface area contributed by atoms with Gasteiger partial charge in [0.05, 0.1) is 5.56 Å². The molecule has 0 spiro atoms. The molecule has 0 aliphatic carbocycles. The maximum absolute atomic E-state index is 11.5. The van der Waals surface area contributed by atoms with Crippen molar-refractivity contribution in [3.63, 3.8) is 0 Å². The number of nitrogen functional groups attached to an aromatic ring is 1. The zero-order chi connectivity index (χ0) is 10.0. The minimum atomic E-state index is -0.0754. The number of hydrogen-bond acceptors (Lipinski definition) is 4. The number of aromatic nitrogens is 2. The van der Waals surface area contributed by atoms with Gasteiger partial charge in [0.1, 0.15) is 11.6 Å². The summed E-state index contributed by atoms with van der Waals surface area (Å²) in [5.41, 5.74) is 6.01. The molecular formula is C9H13N3O. The average molecular weight is 179 g/mol. The molecule has 0 fully saturated rings. The van der Waals surface area contributed by atoms with E-state index in [-0.39, 0.29) is 17.5 Å². The zero-order valence-corrected chi connectivity index (χ0v) is 8.03. The molecule has 4 heteroatoms. The van der Waals surface area contributed by atoms with Crippen LogP contribution in [-0.2, 0) is 0 Å². The van der Waals surface area contributed by atoms with E-state index >= 15 is 0 Å². The van der Waals surface area contributed by atoms with Gasteiger partial charge in [-0.05, 0) is 6.92 Å². The third kappa shape index (κ3) is 2.02. The summed E-state index contributed by atoms with van der Waals surface area (Å²) in [6, 6.07) is 0. The van der Waals surface area contributed by atoms with Crippen molar-refractivity contribution >= 4 is 11.6 Å². The fraction of sp³-hybridized carbons (Fsp3) is 0.444. The standard InChI is InChI=1S/C9H13N3O/c1-5(2)8(13)7-4-11-6(3)12-9(7)10/h4-5H,1-3H3,(H2,10,11,12). The summed E-state index contributed by atoms with van der Waals surface area (Å²) in [7, 11) is 0. The summed E-state index contributed by atoms with van der Waals surface area (Å²) < 4.78 is 0. The third-order valence-electron chi connectivity index (χ3n) is 1.73. The maximum Gasteiger partial charge on any atom is 0.170 e. The van der Waals surface area contributed by atoms with Gasteiger partial charge < -0.3 is 5.73 Å². The molecule has 0 saturated carbocycles. The molecule has 1 rings (SSSR count). The quantitative estimate of drug-likeness (QED) is 0.693. The normalized spacial score (nSPS) is 10.5. The van der Waals surface area contributed by atoms with Crippen LogP contribution in [0.25, 0.3) is 0 Å². The second-order valence-corrected chi connectivity index (χ2v) is 3.24. The van der Waals surface area contributed by atoms with E-state index in [1.54, 1.807) is 6.92 Å². The molecule has 0 saturated heterocycles. The molecule has 4 nitrogen and oxygen atoms in total. The van der Waals surface area contributed by atoms with Crippen LogP contribution in [0, 0.1) is 12.8 Å². The Kier molecular flexibility index (Phi) is 2.60. The number of carbonyl (C=O) groups is 1. The van der Waals surface area contributed by atoms with E-state index in [2.05, 4.69) is 9.97 Å². The van der Waals surface area contributed by atoms with Crippen molar-refractivity contribution in [1.82, 2.24) is 9.97 Å². The van der Waals surface area contributed by atoms with Crippen molar-refractivity contribution < 1.29 is 4.79 Å². The van der Waals surface area contributed by atoms with Crippen molar-refractivity contribution in [2.75, 3.05) is 5.73 Å². The number of carbonyl (C=O) groups excluding carboxylic acids is 1. The Morgan fingerprint density at radius 3 is 2.62 bits per heavy atom. The summed E-state index contributed by atoms with van der Waals surface area (Å²) in [6.07, 6.45) is 1.49. The van der Waals surface area contributed by atoms with E-state index in [1.807, 2.05) is 13.8 Å². The number of nitrogens with two attached hydrogens (primary N) is 1. The minimum absolute atomic E-state index is 0.0162. The van der Waals surface area contributed by atoms with Gasteiger partial charge in [-0.3, -0.25) is 4.79 Å². The Bertz CT molecular complexity index is 334. The van der Waals surface area contributed by atoms with Crippen LogP contribution in [0.1, 0.15) is 30.0 Å². The van der Waals surface area contributed by atoms with Gasteiger partial charge in [0.2, 0.25) is 0 Å². The van der Waals surface area contributed by atoms with Crippen molar-refractivity contribution in [2.45, 2.75) is 20.8 Å². The number of rotatable bonds is 2. The Labute approximate surface area is 77.2 Å². The Balaban J connectivity index is 3.09. The van der Waals surface area contributed by atoms with Gasteiger partial charge in [-0.25, -0.2) is 9.97 Å². The SMILES string of the molecule is Cc1ncc(C(=O)C(C)C)c(N)n1. The van der Waals surface area contributed by atoms with Crippen LogP contribution in [0.15, 0.2) is 6.20 Å². The number of hydrogen-bond donors (Lipinski definition) is 1. The molecular weight excluding hydrogens is 166 g/mol. The Hall–Kier alpha value is -1.45. The van der Waals surface area contributed by atoms with Gasteiger partial charge in [0.15, 0.2) is 5.78 Å². The topological polar surface area (TPSA) is 68.9 Å². The number of ketones is 1. The van der Waals surface area contributed by atoms with E-state index in [4.69, 9.17) is 5.73 Å². The monoisotopic (exact) mass is 179 g/mol. The van der Waals surface area contributed by atoms with Crippen LogP contribution in [0.3, 0.4) is 0 Å². The predicted molar refractivity (Wildman–Crippen MR) is 50.3 cm³/mol. The van der Waals surface area contributed by atoms with Crippen LogP contribution >= 0.6 is 0 Å². The molecule has 0 amide bonds. The molecule has 0 aliphatic heterocycles. The third-order valence-corrected chi connectivity index (χ3v) is 1.73. The lowest BCUT2D eigenvalue weighted by atomic mass is 10.0. The first-order valence-corrected chi connectivity index (χ1v) is 4.15. The number of Topliss-reactive ketones (excluding diaryl/α,β-unsaturated/α-hetero) is 1. The van der Waals surface area contributed by atoms with Crippen LogP contribution in [0.4, 0.5) is 5.82 Å². The second kappa shape index (κ2) is 3.51. The van der Waals surface area contributed by atoms with Crippen LogP contribution in [0.2, 0.25) is 0 Å². The lowest BCUT2D eigenvalue weighted by molar-refractivity contribution is 0.0939. The van der Waals surface area contributed by atoms with Crippen molar-refractivity contribution in [3.8, 4) is 0 Å². The van der Waals surface area contributed by atoms with Crippen LogP contribution in [-0.4, -0.2) is 15.8 Å². The highest BCUT2D eigenvalue weighted by atomic mass is 16.1. The van der Waals surface area contributed by atoms with Gasteiger partial charge in [-0.2, -0.15) is 0 Å². The first-order valence-electron chi connectivity index (χ1n) is 4.15. The van der Waals surface area contributed by atoms with E-state index in [0.29, 0.717) is 11.4 Å². The zero-order valence-electron chi connectivity index (χ0n) is 8.03. The highest BCUT2D eigenvalue weighted by Crippen LogP contribution is 2.12. The summed E-state index contributed by atoms with van der Waals surface area (Å²) in [5.74, 6) is 0.759. The Morgan fingerprint density at radius 2 is 2.15 bits per heavy atom. The highest BCUT2D eigenvalue weighted by molar-refractivity contribution is 6.00. The largest absolute Gasteiger partial charge is 0.383 e. The lowest BCUT2D eigenvalue weighted by Gasteiger charge is -2.05. The molecule has 13 heavy (non-hydrogen) atoms. The van der Waals surface area contributed by atoms with Gasteiger partial charge in [0.25, 0.3) is 0 Å². The molecule has 1 aromatic heterocycles. The van der Waals surface area contributed by atoms with E-state index in [9.17, 15) is 4.79 Å². The molecule has 1 heterocycles. The van der Waals surface area contributed by atoms with Gasteiger partial charge in [0, 0.05) is 12.1 Å². The summed E-state index contributed by atoms with van der Waals surface area (Å²) in [4.78, 5) is 19.4. The first-order chi connectivity index (χ1) is 6.02. The molecule has 0 radical (unpaired) electrons. The van der Waals surface area contributed by atoms with Crippen LogP contribution < -0.4 is 5.73 Å². The van der Waals surface area contributed by atoms with Gasteiger partial charge in [-0.1, -0.05) is 13.8 Å². The lowest BCUT2D eigenvalue weighted by Crippen LogP contribution is -2.12. The Morgan fingerprint density at radius 1 is 1.54 bits per heavy atom. The fourth-order valence-corrected chi connectivity index (χ4v) is 0.988. The van der Waals surface area contributed by atoms with Gasteiger partial charge in [-0.15, -0.1) is 0 Å². The maximum atomic E-state index is 11.5. The predicted octanol–water partition coefficient (Wildman–Crippen LogP) is 1.21. The first kappa shape index (κ1) is 9.64. The van der Waals surface area contributed by atoms with Crippen molar-refractivity contribution in [3.05, 3.63) is 17.6 Å². The van der Waals surface area contributed by atoms with Crippen LogP contribution in [0.5, 0.6) is 0 Å². The minimum Gasteiger partial charge on any atom is -0.383 e. The van der Waals surface area contributed by atoms with E-state index < -0.39 is 0 Å².